The third-order valence-corrected chi connectivity index (χ3v) is 5.73. The molecule has 10 heteroatoms. The van der Waals surface area contributed by atoms with Crippen LogP contribution in [0.2, 0.25) is 0 Å². The summed E-state index contributed by atoms with van der Waals surface area (Å²) in [5.74, 6) is 0.492. The number of benzene rings is 1. The predicted octanol–water partition coefficient (Wildman–Crippen LogP) is 2.09. The van der Waals surface area contributed by atoms with E-state index in [2.05, 4.69) is 25.2 Å². The van der Waals surface area contributed by atoms with Gasteiger partial charge in [-0.05, 0) is 18.2 Å². The molecule has 1 aliphatic rings. The Kier molecular flexibility index (Phi) is 6.37. The van der Waals surface area contributed by atoms with E-state index in [4.69, 9.17) is 4.74 Å². The van der Waals surface area contributed by atoms with Gasteiger partial charge >= 0.3 is 0 Å². The van der Waals surface area contributed by atoms with Crippen LogP contribution in [-0.4, -0.2) is 65.0 Å². The smallest absolute Gasteiger partial charge is 0.295 e. The van der Waals surface area contributed by atoms with E-state index in [-0.39, 0.29) is 18.2 Å². The Morgan fingerprint density at radius 2 is 1.90 bits per heavy atom. The summed E-state index contributed by atoms with van der Waals surface area (Å²) in [7, 11) is 1.65. The summed E-state index contributed by atoms with van der Waals surface area (Å²) < 4.78 is 5.29. The van der Waals surface area contributed by atoms with E-state index in [1.807, 2.05) is 29.2 Å². The maximum atomic E-state index is 12.7. The van der Waals surface area contributed by atoms with E-state index < -0.39 is 5.91 Å². The number of carbonyl (C=O) groups excluding carboxylic acids is 2. The molecule has 9 nitrogen and oxygen atoms in total. The lowest BCUT2D eigenvalue weighted by Crippen LogP contribution is -2.49. The SMILES string of the molecule is COc1cccc(N2CCN(C(=O)Cc3csc(NC(=O)c4ncccn4)n3)CC2)c1. The van der Waals surface area contributed by atoms with Gasteiger partial charge in [0.2, 0.25) is 11.7 Å². The number of hydrogen-bond acceptors (Lipinski definition) is 8. The minimum absolute atomic E-state index is 0.0276. The van der Waals surface area contributed by atoms with E-state index in [1.54, 1.807) is 18.6 Å². The molecule has 0 atom stereocenters. The van der Waals surface area contributed by atoms with Gasteiger partial charge < -0.3 is 14.5 Å². The molecule has 0 unspecified atom stereocenters. The topological polar surface area (TPSA) is 101 Å². The van der Waals surface area contributed by atoms with Crippen molar-refractivity contribution in [3.05, 3.63) is 59.6 Å². The Labute approximate surface area is 183 Å². The van der Waals surface area contributed by atoms with Gasteiger partial charge in [0.25, 0.3) is 5.91 Å². The summed E-state index contributed by atoms with van der Waals surface area (Å²) in [6.45, 7) is 2.81. The minimum atomic E-state index is -0.429. The van der Waals surface area contributed by atoms with Gasteiger partial charge in [-0.15, -0.1) is 11.3 Å². The molecule has 0 bridgehead atoms. The first-order valence-electron chi connectivity index (χ1n) is 9.82. The highest BCUT2D eigenvalue weighted by Gasteiger charge is 2.22. The second-order valence-corrected chi connectivity index (χ2v) is 7.77. The zero-order chi connectivity index (χ0) is 21.6. The Balaban J connectivity index is 1.29. The average molecular weight is 439 g/mol. The summed E-state index contributed by atoms with van der Waals surface area (Å²) in [5, 5.41) is 4.87. The fourth-order valence-corrected chi connectivity index (χ4v) is 4.01. The van der Waals surface area contributed by atoms with Crippen molar-refractivity contribution in [1.29, 1.82) is 0 Å². The molecule has 1 aliphatic heterocycles. The number of nitrogens with zero attached hydrogens (tertiary/aromatic N) is 5. The number of piperazine rings is 1. The summed E-state index contributed by atoms with van der Waals surface area (Å²) in [6, 6.07) is 9.57. The Hall–Kier alpha value is -3.53. The molecule has 1 N–H and O–H groups in total. The van der Waals surface area contributed by atoms with Crippen LogP contribution < -0.4 is 15.0 Å². The fourth-order valence-electron chi connectivity index (χ4n) is 3.30. The number of carbonyl (C=O) groups is 2. The highest BCUT2D eigenvalue weighted by molar-refractivity contribution is 7.14. The Morgan fingerprint density at radius 1 is 1.13 bits per heavy atom. The quantitative estimate of drug-likeness (QED) is 0.629. The second-order valence-electron chi connectivity index (χ2n) is 6.92. The van der Waals surface area contributed by atoms with E-state index >= 15 is 0 Å². The predicted molar refractivity (Wildman–Crippen MR) is 118 cm³/mol. The van der Waals surface area contributed by atoms with Crippen molar-refractivity contribution in [2.45, 2.75) is 6.42 Å². The maximum absolute atomic E-state index is 12.7. The molecule has 31 heavy (non-hydrogen) atoms. The van der Waals surface area contributed by atoms with Crippen LogP contribution in [0.4, 0.5) is 10.8 Å². The van der Waals surface area contributed by atoms with Crippen molar-refractivity contribution in [3.8, 4) is 5.75 Å². The Morgan fingerprint density at radius 3 is 2.65 bits per heavy atom. The summed E-state index contributed by atoms with van der Waals surface area (Å²) in [4.78, 5) is 41.1. The monoisotopic (exact) mass is 438 g/mol. The zero-order valence-corrected chi connectivity index (χ0v) is 17.8. The largest absolute Gasteiger partial charge is 0.497 e. The number of amides is 2. The van der Waals surface area contributed by atoms with Crippen molar-refractivity contribution < 1.29 is 14.3 Å². The van der Waals surface area contributed by atoms with Gasteiger partial charge in [0.15, 0.2) is 5.13 Å². The number of hydrogen-bond donors (Lipinski definition) is 1. The van der Waals surface area contributed by atoms with Gasteiger partial charge in [-0.2, -0.15) is 0 Å². The second kappa shape index (κ2) is 9.52. The van der Waals surface area contributed by atoms with Crippen LogP contribution in [0, 0.1) is 0 Å². The van der Waals surface area contributed by atoms with Crippen LogP contribution in [0.3, 0.4) is 0 Å². The third-order valence-electron chi connectivity index (χ3n) is 4.92. The molecular weight excluding hydrogens is 416 g/mol. The zero-order valence-electron chi connectivity index (χ0n) is 17.0. The lowest BCUT2D eigenvalue weighted by Gasteiger charge is -2.36. The Bertz CT molecular complexity index is 1050. The molecule has 0 saturated carbocycles. The van der Waals surface area contributed by atoms with Gasteiger partial charge in [0.1, 0.15) is 5.75 Å². The molecule has 2 amide bonds. The van der Waals surface area contributed by atoms with Crippen molar-refractivity contribution >= 4 is 34.0 Å². The fraction of sp³-hybridized carbons (Fsp3) is 0.286. The number of rotatable bonds is 6. The molecule has 3 aromatic rings. The van der Waals surface area contributed by atoms with Crippen molar-refractivity contribution in [3.63, 3.8) is 0 Å². The van der Waals surface area contributed by atoms with Crippen LogP contribution in [0.5, 0.6) is 5.75 Å². The summed E-state index contributed by atoms with van der Waals surface area (Å²) in [5.41, 5.74) is 1.73. The van der Waals surface area contributed by atoms with Gasteiger partial charge in [-0.25, -0.2) is 15.0 Å². The van der Waals surface area contributed by atoms with Crippen molar-refractivity contribution in [1.82, 2.24) is 19.9 Å². The van der Waals surface area contributed by atoms with E-state index in [1.165, 1.54) is 23.7 Å². The van der Waals surface area contributed by atoms with Gasteiger partial charge in [-0.1, -0.05) is 6.07 Å². The number of nitrogens with one attached hydrogen (secondary N) is 1. The molecule has 3 heterocycles. The van der Waals surface area contributed by atoms with E-state index in [9.17, 15) is 9.59 Å². The van der Waals surface area contributed by atoms with Crippen LogP contribution >= 0.6 is 11.3 Å². The first kappa shape index (κ1) is 20.7. The first-order valence-corrected chi connectivity index (χ1v) is 10.7. The highest BCUT2D eigenvalue weighted by Crippen LogP contribution is 2.22. The highest BCUT2D eigenvalue weighted by atomic mass is 32.1. The number of aromatic nitrogens is 3. The molecule has 1 fully saturated rings. The van der Waals surface area contributed by atoms with Gasteiger partial charge in [-0.3, -0.25) is 14.9 Å². The molecule has 1 saturated heterocycles. The number of methoxy groups -OCH3 is 1. The van der Waals surface area contributed by atoms with E-state index in [0.29, 0.717) is 23.9 Å². The molecule has 0 spiro atoms. The molecule has 1 aromatic carbocycles. The standard InChI is InChI=1S/C21H22N6O3S/c1-30-17-5-2-4-16(13-17)26-8-10-27(11-9-26)18(28)12-15-14-31-21(24-15)25-20(29)19-22-6-3-7-23-19/h2-7,13-14H,8-12H2,1H3,(H,24,25,29). The average Bonchev–Trinajstić information content (AvgIpc) is 3.26. The number of thiazole rings is 1. The molecule has 160 valence electrons. The molecule has 0 aliphatic carbocycles. The van der Waals surface area contributed by atoms with Gasteiger partial charge in [0.05, 0.1) is 19.2 Å². The molecular formula is C21H22N6O3S. The number of anilines is 2. The molecule has 4 rings (SSSR count). The molecule has 2 aromatic heterocycles. The third kappa shape index (κ3) is 5.15. The van der Waals surface area contributed by atoms with Crippen LogP contribution in [0.15, 0.2) is 48.1 Å². The van der Waals surface area contributed by atoms with Gasteiger partial charge in [0, 0.05) is 55.7 Å². The lowest BCUT2D eigenvalue weighted by molar-refractivity contribution is -0.130. The number of ether oxygens (including phenoxy) is 1. The first-order chi connectivity index (χ1) is 15.1. The van der Waals surface area contributed by atoms with Crippen molar-refractivity contribution in [2.75, 3.05) is 43.5 Å². The molecule has 0 radical (unpaired) electrons. The van der Waals surface area contributed by atoms with Crippen LogP contribution in [0.25, 0.3) is 0 Å². The van der Waals surface area contributed by atoms with Crippen LogP contribution in [-0.2, 0) is 11.2 Å². The maximum Gasteiger partial charge on any atom is 0.295 e. The lowest BCUT2D eigenvalue weighted by atomic mass is 10.2. The summed E-state index contributed by atoms with van der Waals surface area (Å²) >= 11 is 1.27. The normalized spacial score (nSPS) is 13.7. The minimum Gasteiger partial charge on any atom is -0.497 e. The summed E-state index contributed by atoms with van der Waals surface area (Å²) in [6.07, 6.45) is 3.21. The van der Waals surface area contributed by atoms with Crippen molar-refractivity contribution in [2.24, 2.45) is 0 Å². The van der Waals surface area contributed by atoms with Crippen LogP contribution in [0.1, 0.15) is 16.3 Å². The van der Waals surface area contributed by atoms with E-state index in [0.717, 1.165) is 24.5 Å².